The summed E-state index contributed by atoms with van der Waals surface area (Å²) >= 11 is 0. The lowest BCUT2D eigenvalue weighted by Gasteiger charge is -2.31. The molecule has 0 bridgehead atoms. The molecule has 0 heterocycles. The van der Waals surface area contributed by atoms with Crippen molar-refractivity contribution in [1.82, 2.24) is 5.32 Å². The van der Waals surface area contributed by atoms with Crippen molar-refractivity contribution in [3.05, 3.63) is 0 Å². The van der Waals surface area contributed by atoms with Gasteiger partial charge >= 0.3 is 0 Å². The second kappa shape index (κ2) is 3.35. The zero-order valence-electron chi connectivity index (χ0n) is 8.00. The molecule has 0 radical (unpaired) electrons. The smallest absolute Gasteiger partial charge is 0.0101 e. The third-order valence-electron chi connectivity index (χ3n) is 0.750. The van der Waals surface area contributed by atoms with E-state index in [9.17, 15) is 0 Å². The topological polar surface area (TPSA) is 43.5 Å². The SMILES string of the molecule is CC(C)(C)NC(C)(C)C.O. The molecule has 64 valence electrons. The summed E-state index contributed by atoms with van der Waals surface area (Å²) in [6.07, 6.45) is 0. The molecular weight excluding hydrogens is 126 g/mol. The van der Waals surface area contributed by atoms with Gasteiger partial charge in [0.05, 0.1) is 0 Å². The quantitative estimate of drug-likeness (QED) is 0.552. The average molecular weight is 147 g/mol. The Morgan fingerprint density at radius 2 is 0.900 bits per heavy atom. The fourth-order valence-electron chi connectivity index (χ4n) is 1.12. The fraction of sp³-hybridized carbons (Fsp3) is 1.00. The van der Waals surface area contributed by atoms with Gasteiger partial charge in [0.2, 0.25) is 0 Å². The van der Waals surface area contributed by atoms with Crippen molar-refractivity contribution >= 4 is 0 Å². The van der Waals surface area contributed by atoms with Crippen LogP contribution in [0.4, 0.5) is 0 Å². The van der Waals surface area contributed by atoms with Gasteiger partial charge in [0.25, 0.3) is 0 Å². The van der Waals surface area contributed by atoms with Crippen LogP contribution in [0.5, 0.6) is 0 Å². The van der Waals surface area contributed by atoms with Crippen LogP contribution in [0.3, 0.4) is 0 Å². The molecule has 0 saturated carbocycles. The molecule has 3 N–H and O–H groups in total. The van der Waals surface area contributed by atoms with Crippen molar-refractivity contribution in [2.75, 3.05) is 0 Å². The Bertz CT molecular complexity index is 74.4. The highest BCUT2D eigenvalue weighted by Gasteiger charge is 2.17. The second-order valence-corrected chi connectivity index (χ2v) is 4.62. The standard InChI is InChI=1S/C8H19N.H2O/c1-7(2,3)9-8(4,5)6;/h9H,1-6H3;1H2. The first kappa shape index (κ1) is 12.6. The molecule has 0 amide bonds. The van der Waals surface area contributed by atoms with E-state index < -0.39 is 0 Å². The Balaban J connectivity index is 0. The maximum atomic E-state index is 3.46. The first-order valence-corrected chi connectivity index (χ1v) is 3.50. The third-order valence-corrected chi connectivity index (χ3v) is 0.750. The third kappa shape index (κ3) is 10.8. The van der Waals surface area contributed by atoms with Crippen LogP contribution >= 0.6 is 0 Å². The molecule has 0 aliphatic rings. The van der Waals surface area contributed by atoms with Crippen molar-refractivity contribution in [3.8, 4) is 0 Å². The second-order valence-electron chi connectivity index (χ2n) is 4.62. The van der Waals surface area contributed by atoms with Crippen molar-refractivity contribution in [2.45, 2.75) is 52.6 Å². The van der Waals surface area contributed by atoms with E-state index in [0.717, 1.165) is 0 Å². The minimum atomic E-state index is 0. The highest BCUT2D eigenvalue weighted by atomic mass is 16.0. The lowest BCUT2D eigenvalue weighted by molar-refractivity contribution is 0.303. The summed E-state index contributed by atoms with van der Waals surface area (Å²) in [5.41, 5.74) is 0.469. The van der Waals surface area contributed by atoms with Crippen LogP contribution in [0.2, 0.25) is 0 Å². The van der Waals surface area contributed by atoms with E-state index in [4.69, 9.17) is 0 Å². The van der Waals surface area contributed by atoms with Gasteiger partial charge in [-0.05, 0) is 41.5 Å². The summed E-state index contributed by atoms with van der Waals surface area (Å²) in [4.78, 5) is 0. The summed E-state index contributed by atoms with van der Waals surface area (Å²) in [5, 5.41) is 3.46. The molecule has 0 rings (SSSR count). The Morgan fingerprint density at radius 3 is 0.900 bits per heavy atom. The van der Waals surface area contributed by atoms with Gasteiger partial charge in [0.1, 0.15) is 0 Å². The van der Waals surface area contributed by atoms with Gasteiger partial charge in [0.15, 0.2) is 0 Å². The average Bonchev–Trinajstić information content (AvgIpc) is 1.14. The number of hydrogen-bond donors (Lipinski definition) is 1. The molecule has 10 heavy (non-hydrogen) atoms. The Hall–Kier alpha value is -0.0800. The van der Waals surface area contributed by atoms with E-state index in [-0.39, 0.29) is 16.6 Å². The van der Waals surface area contributed by atoms with Gasteiger partial charge in [-0.1, -0.05) is 0 Å². The maximum absolute atomic E-state index is 3.46. The first-order chi connectivity index (χ1) is 3.71. The molecule has 0 aromatic carbocycles. The van der Waals surface area contributed by atoms with Gasteiger partial charge in [-0.25, -0.2) is 0 Å². The predicted octanol–water partition coefficient (Wildman–Crippen LogP) is 1.35. The lowest BCUT2D eigenvalue weighted by Crippen LogP contribution is -2.48. The summed E-state index contributed by atoms with van der Waals surface area (Å²) in [5.74, 6) is 0. The Labute approximate surface area is 64.3 Å². The van der Waals surface area contributed by atoms with Crippen LogP contribution in [-0.2, 0) is 0 Å². The maximum Gasteiger partial charge on any atom is 0.0101 e. The Morgan fingerprint density at radius 1 is 0.700 bits per heavy atom. The highest BCUT2D eigenvalue weighted by Crippen LogP contribution is 2.08. The molecule has 0 aromatic heterocycles. The van der Waals surface area contributed by atoms with E-state index in [0.29, 0.717) is 0 Å². The number of hydrogen-bond acceptors (Lipinski definition) is 1. The van der Waals surface area contributed by atoms with Crippen LogP contribution in [0.1, 0.15) is 41.5 Å². The summed E-state index contributed by atoms with van der Waals surface area (Å²) in [6, 6.07) is 0. The molecule has 0 spiro atoms. The zero-order valence-corrected chi connectivity index (χ0v) is 8.00. The molecule has 0 aromatic rings. The molecule has 0 aliphatic carbocycles. The van der Waals surface area contributed by atoms with Crippen molar-refractivity contribution in [2.24, 2.45) is 0 Å². The Kier molecular flexibility index (Phi) is 4.22. The summed E-state index contributed by atoms with van der Waals surface area (Å²) in [6.45, 7) is 13.1. The molecule has 2 heteroatoms. The monoisotopic (exact) mass is 147 g/mol. The van der Waals surface area contributed by atoms with E-state index in [1.807, 2.05) is 0 Å². The van der Waals surface area contributed by atoms with Gasteiger partial charge < -0.3 is 10.8 Å². The van der Waals surface area contributed by atoms with Crippen LogP contribution in [0.15, 0.2) is 0 Å². The van der Waals surface area contributed by atoms with Crippen LogP contribution in [0.25, 0.3) is 0 Å². The zero-order chi connectivity index (χ0) is 7.71. The fourth-order valence-corrected chi connectivity index (χ4v) is 1.12. The predicted molar refractivity (Wildman–Crippen MR) is 46.3 cm³/mol. The number of rotatable bonds is 0. The summed E-state index contributed by atoms with van der Waals surface area (Å²) < 4.78 is 0. The first-order valence-electron chi connectivity index (χ1n) is 3.50. The van der Waals surface area contributed by atoms with Crippen molar-refractivity contribution in [3.63, 3.8) is 0 Å². The molecule has 2 nitrogen and oxygen atoms in total. The van der Waals surface area contributed by atoms with Crippen LogP contribution in [0, 0.1) is 0 Å². The van der Waals surface area contributed by atoms with Crippen LogP contribution < -0.4 is 5.32 Å². The van der Waals surface area contributed by atoms with Crippen LogP contribution in [-0.4, -0.2) is 16.6 Å². The summed E-state index contributed by atoms with van der Waals surface area (Å²) in [7, 11) is 0. The van der Waals surface area contributed by atoms with Gasteiger partial charge in [-0.15, -0.1) is 0 Å². The highest BCUT2D eigenvalue weighted by molar-refractivity contribution is 4.80. The normalized spacial score (nSPS) is 12.6. The van der Waals surface area contributed by atoms with Gasteiger partial charge in [-0.2, -0.15) is 0 Å². The van der Waals surface area contributed by atoms with Crippen molar-refractivity contribution in [1.29, 1.82) is 0 Å². The molecule has 0 fully saturated rings. The largest absolute Gasteiger partial charge is 0.412 e. The number of nitrogens with one attached hydrogen (secondary N) is 1. The van der Waals surface area contributed by atoms with E-state index in [2.05, 4.69) is 46.9 Å². The van der Waals surface area contributed by atoms with Gasteiger partial charge in [0, 0.05) is 11.1 Å². The van der Waals surface area contributed by atoms with E-state index in [1.165, 1.54) is 0 Å². The molecule has 0 saturated heterocycles. The lowest BCUT2D eigenvalue weighted by atomic mass is 10.0. The van der Waals surface area contributed by atoms with Gasteiger partial charge in [-0.3, -0.25) is 0 Å². The minimum absolute atomic E-state index is 0. The van der Waals surface area contributed by atoms with E-state index in [1.54, 1.807) is 0 Å². The molecule has 0 aliphatic heterocycles. The van der Waals surface area contributed by atoms with E-state index >= 15 is 0 Å². The molecule has 0 unspecified atom stereocenters. The molecular formula is C8H21NO. The van der Waals surface area contributed by atoms with Crippen molar-refractivity contribution < 1.29 is 5.48 Å². The molecule has 0 atom stereocenters. The minimum Gasteiger partial charge on any atom is -0.412 e.